The Morgan fingerprint density at radius 1 is 1.41 bits per heavy atom. The molecule has 0 aliphatic carbocycles. The molecule has 0 unspecified atom stereocenters. The number of fused-ring (bicyclic) bond motifs is 1. The monoisotopic (exact) mass is 250 g/mol. The smallest absolute Gasteiger partial charge is 0.0889 e. The van der Waals surface area contributed by atoms with Crippen LogP contribution in [0.4, 0.5) is 5.69 Å². The van der Waals surface area contributed by atoms with Crippen molar-refractivity contribution in [2.24, 2.45) is 5.16 Å². The summed E-state index contributed by atoms with van der Waals surface area (Å²) in [5.41, 5.74) is 3.09. The minimum atomic E-state index is 0.812. The Kier molecular flexibility index (Phi) is 4.31. The van der Waals surface area contributed by atoms with E-state index in [4.69, 9.17) is 5.21 Å². The molecule has 1 N–H and O–H groups in total. The third-order valence-corrected chi connectivity index (χ3v) is 3.67. The standard InChI is InChI=1S/C13H18N2OS/c1-17-10-9-15-8-4-6-12(14-16)11-5-2-3-7-13(11)15/h2-3,5,7,16H,4,6,8-10H2,1H3/b14-12-. The van der Waals surface area contributed by atoms with Gasteiger partial charge in [-0.2, -0.15) is 11.8 Å². The number of anilines is 1. The quantitative estimate of drug-likeness (QED) is 0.662. The first-order valence-electron chi connectivity index (χ1n) is 5.91. The predicted molar refractivity (Wildman–Crippen MR) is 74.6 cm³/mol. The number of hydrogen-bond donors (Lipinski definition) is 1. The zero-order chi connectivity index (χ0) is 12.1. The van der Waals surface area contributed by atoms with Gasteiger partial charge in [-0.05, 0) is 25.2 Å². The van der Waals surface area contributed by atoms with Crippen LogP contribution in [0.5, 0.6) is 0 Å². The van der Waals surface area contributed by atoms with Crippen molar-refractivity contribution < 1.29 is 5.21 Å². The maximum Gasteiger partial charge on any atom is 0.0889 e. The third-order valence-electron chi connectivity index (χ3n) is 3.08. The van der Waals surface area contributed by atoms with Crippen LogP contribution in [-0.2, 0) is 0 Å². The van der Waals surface area contributed by atoms with Gasteiger partial charge in [-0.15, -0.1) is 0 Å². The van der Waals surface area contributed by atoms with Crippen LogP contribution in [0.25, 0.3) is 0 Å². The molecule has 92 valence electrons. The Balaban J connectivity index is 2.32. The van der Waals surface area contributed by atoms with Gasteiger partial charge in [0.15, 0.2) is 0 Å². The lowest BCUT2D eigenvalue weighted by Gasteiger charge is -2.24. The van der Waals surface area contributed by atoms with Gasteiger partial charge in [0.05, 0.1) is 5.71 Å². The molecular weight excluding hydrogens is 232 g/mol. The van der Waals surface area contributed by atoms with E-state index >= 15 is 0 Å². The third kappa shape index (κ3) is 2.75. The number of hydrogen-bond acceptors (Lipinski definition) is 4. The minimum absolute atomic E-state index is 0.812. The summed E-state index contributed by atoms with van der Waals surface area (Å²) in [6.07, 6.45) is 4.02. The Morgan fingerprint density at radius 3 is 3.00 bits per heavy atom. The van der Waals surface area contributed by atoms with E-state index in [0.29, 0.717) is 0 Å². The van der Waals surface area contributed by atoms with Gasteiger partial charge in [0.2, 0.25) is 0 Å². The lowest BCUT2D eigenvalue weighted by atomic mass is 10.1. The van der Waals surface area contributed by atoms with Crippen LogP contribution in [0.3, 0.4) is 0 Å². The summed E-state index contributed by atoms with van der Waals surface area (Å²) >= 11 is 1.86. The summed E-state index contributed by atoms with van der Waals surface area (Å²) < 4.78 is 0. The van der Waals surface area contributed by atoms with Crippen molar-refractivity contribution in [3.63, 3.8) is 0 Å². The van der Waals surface area contributed by atoms with Crippen LogP contribution < -0.4 is 4.90 Å². The molecular formula is C13H18N2OS. The van der Waals surface area contributed by atoms with E-state index in [9.17, 15) is 0 Å². The van der Waals surface area contributed by atoms with Crippen molar-refractivity contribution in [3.8, 4) is 0 Å². The second kappa shape index (κ2) is 5.96. The zero-order valence-electron chi connectivity index (χ0n) is 10.1. The van der Waals surface area contributed by atoms with Crippen molar-refractivity contribution in [2.45, 2.75) is 12.8 Å². The minimum Gasteiger partial charge on any atom is -0.411 e. The average Bonchev–Trinajstić information content (AvgIpc) is 2.55. The molecule has 1 aromatic rings. The van der Waals surface area contributed by atoms with Crippen LogP contribution in [0.15, 0.2) is 29.4 Å². The maximum atomic E-state index is 9.09. The van der Waals surface area contributed by atoms with Gasteiger partial charge >= 0.3 is 0 Å². The molecule has 2 rings (SSSR count). The molecule has 0 radical (unpaired) electrons. The molecule has 1 aromatic carbocycles. The highest BCUT2D eigenvalue weighted by atomic mass is 32.2. The summed E-state index contributed by atoms with van der Waals surface area (Å²) in [6.45, 7) is 2.09. The summed E-state index contributed by atoms with van der Waals surface area (Å²) in [5, 5.41) is 12.5. The van der Waals surface area contributed by atoms with Crippen molar-refractivity contribution in [2.75, 3.05) is 30.0 Å². The van der Waals surface area contributed by atoms with E-state index in [1.807, 2.05) is 30.0 Å². The van der Waals surface area contributed by atoms with Crippen molar-refractivity contribution >= 4 is 23.2 Å². The Bertz CT molecular complexity index is 406. The van der Waals surface area contributed by atoms with Gasteiger partial charge < -0.3 is 10.1 Å². The summed E-state index contributed by atoms with van der Waals surface area (Å²) in [4.78, 5) is 2.39. The molecule has 0 atom stereocenters. The van der Waals surface area contributed by atoms with Crippen LogP contribution in [-0.4, -0.2) is 36.0 Å². The Morgan fingerprint density at radius 2 is 2.24 bits per heavy atom. The van der Waals surface area contributed by atoms with Gasteiger partial charge in [0.1, 0.15) is 0 Å². The molecule has 0 saturated carbocycles. The van der Waals surface area contributed by atoms with Gasteiger partial charge in [0.25, 0.3) is 0 Å². The molecule has 0 bridgehead atoms. The van der Waals surface area contributed by atoms with Crippen LogP contribution in [0.1, 0.15) is 18.4 Å². The van der Waals surface area contributed by atoms with Crippen molar-refractivity contribution in [3.05, 3.63) is 29.8 Å². The summed E-state index contributed by atoms with van der Waals surface area (Å²) in [5.74, 6) is 1.12. The number of benzene rings is 1. The first-order chi connectivity index (χ1) is 8.36. The zero-order valence-corrected chi connectivity index (χ0v) is 10.9. The number of para-hydroxylation sites is 1. The first-order valence-corrected chi connectivity index (χ1v) is 7.30. The van der Waals surface area contributed by atoms with Crippen LogP contribution in [0.2, 0.25) is 0 Å². The van der Waals surface area contributed by atoms with E-state index in [1.54, 1.807) is 0 Å². The summed E-state index contributed by atoms with van der Waals surface area (Å²) in [6, 6.07) is 8.21. The molecule has 1 heterocycles. The number of rotatable bonds is 3. The predicted octanol–water partition coefficient (Wildman–Crippen LogP) is 2.83. The summed E-state index contributed by atoms with van der Waals surface area (Å²) in [7, 11) is 0. The van der Waals surface area contributed by atoms with Crippen molar-refractivity contribution in [1.29, 1.82) is 0 Å². The first kappa shape index (κ1) is 12.3. The van der Waals surface area contributed by atoms with E-state index < -0.39 is 0 Å². The highest BCUT2D eigenvalue weighted by molar-refractivity contribution is 7.98. The molecule has 4 heteroatoms. The maximum absolute atomic E-state index is 9.09. The highest BCUT2D eigenvalue weighted by Crippen LogP contribution is 2.26. The largest absolute Gasteiger partial charge is 0.411 e. The van der Waals surface area contributed by atoms with Crippen LogP contribution >= 0.6 is 11.8 Å². The molecule has 0 fully saturated rings. The molecule has 0 saturated heterocycles. The van der Waals surface area contributed by atoms with Gasteiger partial charge in [-0.3, -0.25) is 0 Å². The van der Waals surface area contributed by atoms with Crippen molar-refractivity contribution in [1.82, 2.24) is 0 Å². The highest BCUT2D eigenvalue weighted by Gasteiger charge is 2.18. The Labute approximate surface area is 107 Å². The SMILES string of the molecule is CSCCN1CCC/C(=N/O)c2ccccc21. The fourth-order valence-corrected chi connectivity index (χ4v) is 2.63. The number of thioether (sulfide) groups is 1. The molecule has 1 aliphatic heterocycles. The second-order valence-electron chi connectivity index (χ2n) is 4.15. The normalized spacial score (nSPS) is 17.9. The van der Waals surface area contributed by atoms with E-state index in [1.165, 1.54) is 5.69 Å². The lowest BCUT2D eigenvalue weighted by molar-refractivity contribution is 0.318. The molecule has 17 heavy (non-hydrogen) atoms. The fourth-order valence-electron chi connectivity index (χ4n) is 2.22. The molecule has 3 nitrogen and oxygen atoms in total. The van der Waals surface area contributed by atoms with Crippen LogP contribution in [0, 0.1) is 0 Å². The fraction of sp³-hybridized carbons (Fsp3) is 0.462. The van der Waals surface area contributed by atoms with Gasteiger partial charge in [-0.25, -0.2) is 0 Å². The van der Waals surface area contributed by atoms with E-state index in [-0.39, 0.29) is 0 Å². The van der Waals surface area contributed by atoms with Gasteiger partial charge in [0, 0.05) is 30.1 Å². The number of oxime groups is 1. The molecule has 0 amide bonds. The molecule has 0 spiro atoms. The van der Waals surface area contributed by atoms with E-state index in [2.05, 4.69) is 22.4 Å². The average molecular weight is 250 g/mol. The molecule has 0 aromatic heterocycles. The topological polar surface area (TPSA) is 35.8 Å². The van der Waals surface area contributed by atoms with Gasteiger partial charge in [-0.1, -0.05) is 23.4 Å². The lowest BCUT2D eigenvalue weighted by Crippen LogP contribution is -2.26. The molecule has 1 aliphatic rings. The Hall–Kier alpha value is -1.16. The van der Waals surface area contributed by atoms with E-state index in [0.717, 1.165) is 43.0 Å². The second-order valence-corrected chi connectivity index (χ2v) is 5.13. The number of nitrogens with zero attached hydrogens (tertiary/aromatic N) is 2.